The Labute approximate surface area is 91.4 Å². The first-order valence-electron chi connectivity index (χ1n) is 5.96. The van der Waals surface area contributed by atoms with Crippen LogP contribution in [0, 0.1) is 17.8 Å². The van der Waals surface area contributed by atoms with E-state index in [1.54, 1.807) is 0 Å². The van der Waals surface area contributed by atoms with Crippen LogP contribution in [0.5, 0.6) is 0 Å². The highest BCUT2D eigenvalue weighted by molar-refractivity contribution is 5.10. The molecule has 86 valence electrons. The van der Waals surface area contributed by atoms with Crippen molar-refractivity contribution < 1.29 is 10.2 Å². The molecule has 0 aromatic carbocycles. The van der Waals surface area contributed by atoms with E-state index in [0.717, 1.165) is 24.3 Å². The van der Waals surface area contributed by atoms with Crippen LogP contribution in [0.25, 0.3) is 0 Å². The van der Waals surface area contributed by atoms with Gasteiger partial charge in [0, 0.05) is 19.6 Å². The van der Waals surface area contributed by atoms with Gasteiger partial charge in [0.1, 0.15) is 0 Å². The van der Waals surface area contributed by atoms with Gasteiger partial charge in [0.2, 0.25) is 0 Å². The summed E-state index contributed by atoms with van der Waals surface area (Å²) in [7, 11) is 0. The molecule has 3 atom stereocenters. The normalized spacial score (nSPS) is 33.1. The number of allylic oxidation sites excluding steroid dienone is 2. The molecule has 1 saturated carbocycles. The SMILES string of the molecule is OCCN(CCO)C[C@H]1C[C@H]2C=C[C@H]1C2. The molecular weight excluding hydrogens is 190 g/mol. The van der Waals surface area contributed by atoms with Gasteiger partial charge in [0.15, 0.2) is 0 Å². The summed E-state index contributed by atoms with van der Waals surface area (Å²) in [5.41, 5.74) is 0. The smallest absolute Gasteiger partial charge is 0.0558 e. The minimum atomic E-state index is 0.191. The van der Waals surface area contributed by atoms with Gasteiger partial charge >= 0.3 is 0 Å². The molecule has 3 heteroatoms. The van der Waals surface area contributed by atoms with Crippen LogP contribution >= 0.6 is 0 Å². The first kappa shape index (κ1) is 11.1. The summed E-state index contributed by atoms with van der Waals surface area (Å²) >= 11 is 0. The Hall–Kier alpha value is -0.380. The van der Waals surface area contributed by atoms with Crippen molar-refractivity contribution in [3.05, 3.63) is 12.2 Å². The zero-order valence-electron chi connectivity index (χ0n) is 9.18. The first-order chi connectivity index (χ1) is 7.33. The van der Waals surface area contributed by atoms with E-state index in [-0.39, 0.29) is 13.2 Å². The molecule has 0 aliphatic heterocycles. The molecule has 0 saturated heterocycles. The Kier molecular flexibility index (Phi) is 3.78. The minimum absolute atomic E-state index is 0.191. The van der Waals surface area contributed by atoms with Gasteiger partial charge in [-0.3, -0.25) is 4.90 Å². The highest BCUT2D eigenvalue weighted by Gasteiger charge is 2.36. The summed E-state index contributed by atoms with van der Waals surface area (Å²) in [4.78, 5) is 2.18. The topological polar surface area (TPSA) is 43.7 Å². The molecule has 0 unspecified atom stereocenters. The fourth-order valence-electron chi connectivity index (χ4n) is 3.01. The lowest BCUT2D eigenvalue weighted by atomic mass is 9.93. The van der Waals surface area contributed by atoms with Crippen molar-refractivity contribution in [1.29, 1.82) is 0 Å². The lowest BCUT2D eigenvalue weighted by molar-refractivity contribution is 0.138. The molecule has 0 aromatic rings. The lowest BCUT2D eigenvalue weighted by Gasteiger charge is -2.27. The Morgan fingerprint density at radius 1 is 1.07 bits per heavy atom. The number of fused-ring (bicyclic) bond motifs is 2. The fourth-order valence-corrected chi connectivity index (χ4v) is 3.01. The van der Waals surface area contributed by atoms with E-state index in [1.165, 1.54) is 12.8 Å². The summed E-state index contributed by atoms with van der Waals surface area (Å²) in [6.45, 7) is 2.80. The standard InChI is InChI=1S/C12H21NO2/c14-5-3-13(4-6-15)9-12-8-10-1-2-11(12)7-10/h1-2,10-12,14-15H,3-9H2/t10-,11-,12+/m0/s1. The van der Waals surface area contributed by atoms with Gasteiger partial charge in [-0.25, -0.2) is 0 Å². The third kappa shape index (κ3) is 2.60. The first-order valence-corrected chi connectivity index (χ1v) is 5.96. The van der Waals surface area contributed by atoms with Crippen LogP contribution in [0.3, 0.4) is 0 Å². The molecule has 2 aliphatic rings. The van der Waals surface area contributed by atoms with Gasteiger partial charge in [-0.05, 0) is 30.6 Å². The average Bonchev–Trinajstić information content (AvgIpc) is 2.80. The lowest BCUT2D eigenvalue weighted by Crippen LogP contribution is -2.35. The largest absolute Gasteiger partial charge is 0.395 e. The molecule has 0 spiro atoms. The van der Waals surface area contributed by atoms with E-state index < -0.39 is 0 Å². The van der Waals surface area contributed by atoms with Crippen LogP contribution in [0.4, 0.5) is 0 Å². The third-order valence-corrected chi connectivity index (χ3v) is 3.74. The van der Waals surface area contributed by atoms with Gasteiger partial charge in [0.05, 0.1) is 13.2 Å². The molecule has 0 radical (unpaired) electrons. The number of hydrogen-bond acceptors (Lipinski definition) is 3. The molecule has 3 nitrogen and oxygen atoms in total. The van der Waals surface area contributed by atoms with Crippen LogP contribution in [-0.4, -0.2) is 48.0 Å². The Bertz CT molecular complexity index is 224. The second kappa shape index (κ2) is 5.10. The molecule has 0 heterocycles. The van der Waals surface area contributed by atoms with Crippen LogP contribution in [-0.2, 0) is 0 Å². The van der Waals surface area contributed by atoms with Gasteiger partial charge in [0.25, 0.3) is 0 Å². The van der Waals surface area contributed by atoms with E-state index in [0.29, 0.717) is 13.1 Å². The highest BCUT2D eigenvalue weighted by Crippen LogP contribution is 2.43. The van der Waals surface area contributed by atoms with Crippen molar-refractivity contribution >= 4 is 0 Å². The van der Waals surface area contributed by atoms with E-state index >= 15 is 0 Å². The van der Waals surface area contributed by atoms with E-state index in [4.69, 9.17) is 10.2 Å². The zero-order chi connectivity index (χ0) is 10.7. The summed E-state index contributed by atoms with van der Waals surface area (Å²) in [5, 5.41) is 17.9. The van der Waals surface area contributed by atoms with E-state index in [1.807, 2.05) is 0 Å². The summed E-state index contributed by atoms with van der Waals surface area (Å²) < 4.78 is 0. The van der Waals surface area contributed by atoms with Crippen molar-refractivity contribution in [1.82, 2.24) is 4.90 Å². The van der Waals surface area contributed by atoms with Gasteiger partial charge in [-0.1, -0.05) is 12.2 Å². The molecule has 0 aromatic heterocycles. The summed E-state index contributed by atoms with van der Waals surface area (Å²) in [5.74, 6) is 2.32. The molecule has 2 aliphatic carbocycles. The molecule has 1 fully saturated rings. The number of nitrogens with zero attached hydrogens (tertiary/aromatic N) is 1. The van der Waals surface area contributed by atoms with Gasteiger partial charge in [-0.2, -0.15) is 0 Å². The minimum Gasteiger partial charge on any atom is -0.395 e. The number of hydrogen-bond donors (Lipinski definition) is 2. The monoisotopic (exact) mass is 211 g/mol. The highest BCUT2D eigenvalue weighted by atomic mass is 16.3. The molecular formula is C12H21NO2. The van der Waals surface area contributed by atoms with Gasteiger partial charge < -0.3 is 10.2 Å². The quantitative estimate of drug-likeness (QED) is 0.628. The Morgan fingerprint density at radius 2 is 1.80 bits per heavy atom. The van der Waals surface area contributed by atoms with Crippen LogP contribution in [0.2, 0.25) is 0 Å². The molecule has 0 amide bonds. The second-order valence-electron chi connectivity index (χ2n) is 4.79. The molecule has 15 heavy (non-hydrogen) atoms. The van der Waals surface area contributed by atoms with E-state index in [9.17, 15) is 0 Å². The van der Waals surface area contributed by atoms with Crippen LogP contribution in [0.1, 0.15) is 12.8 Å². The van der Waals surface area contributed by atoms with Crippen molar-refractivity contribution in [2.45, 2.75) is 12.8 Å². The zero-order valence-corrected chi connectivity index (χ0v) is 9.18. The van der Waals surface area contributed by atoms with Crippen LogP contribution in [0.15, 0.2) is 12.2 Å². The summed E-state index contributed by atoms with van der Waals surface area (Å²) in [6, 6.07) is 0. The van der Waals surface area contributed by atoms with E-state index in [2.05, 4.69) is 17.1 Å². The maximum Gasteiger partial charge on any atom is 0.0558 e. The predicted octanol–water partition coefficient (Wildman–Crippen LogP) is 0.485. The Morgan fingerprint density at radius 3 is 2.27 bits per heavy atom. The number of aliphatic hydroxyl groups excluding tert-OH is 2. The average molecular weight is 211 g/mol. The van der Waals surface area contributed by atoms with Gasteiger partial charge in [-0.15, -0.1) is 0 Å². The maximum absolute atomic E-state index is 8.93. The Balaban J connectivity index is 1.81. The third-order valence-electron chi connectivity index (χ3n) is 3.74. The number of rotatable bonds is 6. The molecule has 2 rings (SSSR count). The van der Waals surface area contributed by atoms with Crippen molar-refractivity contribution in [3.63, 3.8) is 0 Å². The van der Waals surface area contributed by atoms with Crippen LogP contribution < -0.4 is 0 Å². The molecule has 2 bridgehead atoms. The van der Waals surface area contributed by atoms with Crippen molar-refractivity contribution in [2.75, 3.05) is 32.8 Å². The number of aliphatic hydroxyl groups is 2. The molecule has 2 N–H and O–H groups in total. The van der Waals surface area contributed by atoms with Crippen molar-refractivity contribution in [2.24, 2.45) is 17.8 Å². The second-order valence-corrected chi connectivity index (χ2v) is 4.79. The fraction of sp³-hybridized carbons (Fsp3) is 0.833. The van der Waals surface area contributed by atoms with Crippen molar-refractivity contribution in [3.8, 4) is 0 Å². The predicted molar refractivity (Wildman–Crippen MR) is 59.5 cm³/mol. The summed E-state index contributed by atoms with van der Waals surface area (Å²) in [6.07, 6.45) is 7.34. The maximum atomic E-state index is 8.93.